The third-order valence-electron chi connectivity index (χ3n) is 3.66. The van der Waals surface area contributed by atoms with Gasteiger partial charge >= 0.3 is 0 Å². The second kappa shape index (κ2) is 6.37. The fraction of sp³-hybridized carbons (Fsp3) is 0.0556. The van der Waals surface area contributed by atoms with E-state index in [2.05, 4.69) is 25.7 Å². The average Bonchev–Trinajstić information content (AvgIpc) is 3.33. The number of aromatic nitrogens is 4. The van der Waals surface area contributed by atoms with Crippen LogP contribution in [0.5, 0.6) is 0 Å². The molecule has 0 bridgehead atoms. The number of anilines is 1. The third kappa shape index (κ3) is 3.03. The van der Waals surface area contributed by atoms with Crippen molar-refractivity contribution in [1.82, 2.24) is 20.3 Å². The molecule has 24 heavy (non-hydrogen) atoms. The van der Waals surface area contributed by atoms with Crippen molar-refractivity contribution in [2.45, 2.75) is 6.54 Å². The number of hydrogen-bond donors (Lipinski definition) is 2. The first kappa shape index (κ1) is 14.2. The van der Waals surface area contributed by atoms with E-state index in [9.17, 15) is 0 Å². The van der Waals surface area contributed by atoms with Crippen LogP contribution >= 0.6 is 0 Å². The molecule has 0 radical (unpaired) electrons. The van der Waals surface area contributed by atoms with Gasteiger partial charge in [0.15, 0.2) is 0 Å². The molecular formula is C18H15N5O. The van der Waals surface area contributed by atoms with Gasteiger partial charge in [-0.25, -0.2) is 0 Å². The monoisotopic (exact) mass is 317 g/mol. The number of H-pyrrole nitrogens is 1. The van der Waals surface area contributed by atoms with E-state index < -0.39 is 0 Å². The van der Waals surface area contributed by atoms with Crippen molar-refractivity contribution in [3.8, 4) is 22.6 Å². The van der Waals surface area contributed by atoms with Gasteiger partial charge in [0.1, 0.15) is 17.7 Å². The molecule has 3 aromatic heterocycles. The van der Waals surface area contributed by atoms with E-state index in [1.807, 2.05) is 54.6 Å². The lowest BCUT2D eigenvalue weighted by Gasteiger charge is -2.05. The summed E-state index contributed by atoms with van der Waals surface area (Å²) in [6.07, 6.45) is 3.33. The smallest absolute Gasteiger partial charge is 0.124 e. The zero-order valence-corrected chi connectivity index (χ0v) is 12.8. The molecule has 0 spiro atoms. The van der Waals surface area contributed by atoms with E-state index in [1.165, 1.54) is 0 Å². The van der Waals surface area contributed by atoms with Crippen molar-refractivity contribution in [3.63, 3.8) is 0 Å². The van der Waals surface area contributed by atoms with Crippen LogP contribution in [0, 0.1) is 0 Å². The summed E-state index contributed by atoms with van der Waals surface area (Å²) in [5, 5.41) is 14.6. The average molecular weight is 317 g/mol. The first-order valence-corrected chi connectivity index (χ1v) is 7.59. The van der Waals surface area contributed by atoms with Gasteiger partial charge in [-0.05, 0) is 30.3 Å². The first-order chi connectivity index (χ1) is 11.9. The molecule has 0 saturated heterocycles. The van der Waals surface area contributed by atoms with Gasteiger partial charge < -0.3 is 9.84 Å². The molecule has 2 N–H and O–H groups in total. The third-order valence-corrected chi connectivity index (χ3v) is 3.66. The highest BCUT2D eigenvalue weighted by Crippen LogP contribution is 2.20. The first-order valence-electron chi connectivity index (χ1n) is 7.59. The van der Waals surface area contributed by atoms with Gasteiger partial charge in [-0.15, -0.1) is 0 Å². The lowest BCUT2D eigenvalue weighted by atomic mass is 10.1. The number of pyridine rings is 1. The Kier molecular flexibility index (Phi) is 3.77. The Bertz CT molecular complexity index is 898. The van der Waals surface area contributed by atoms with Crippen molar-refractivity contribution in [3.05, 3.63) is 72.8 Å². The van der Waals surface area contributed by atoms with E-state index in [0.717, 1.165) is 34.0 Å². The van der Waals surface area contributed by atoms with Gasteiger partial charge in [-0.1, -0.05) is 23.4 Å². The molecule has 0 amide bonds. The van der Waals surface area contributed by atoms with Gasteiger partial charge in [0.2, 0.25) is 0 Å². The van der Waals surface area contributed by atoms with Crippen LogP contribution in [0.4, 0.5) is 5.69 Å². The Morgan fingerprint density at radius 2 is 1.88 bits per heavy atom. The fourth-order valence-corrected chi connectivity index (χ4v) is 2.42. The van der Waals surface area contributed by atoms with Crippen LogP contribution in [0.15, 0.2) is 71.6 Å². The molecule has 0 saturated carbocycles. The van der Waals surface area contributed by atoms with E-state index in [1.54, 1.807) is 12.5 Å². The maximum atomic E-state index is 4.86. The molecule has 0 aliphatic heterocycles. The molecule has 0 aliphatic carbocycles. The quantitative estimate of drug-likeness (QED) is 0.586. The molecule has 4 rings (SSSR count). The van der Waals surface area contributed by atoms with Crippen LogP contribution in [-0.4, -0.2) is 20.3 Å². The predicted molar refractivity (Wildman–Crippen MR) is 91.1 cm³/mol. The number of aromatic amines is 1. The van der Waals surface area contributed by atoms with Crippen molar-refractivity contribution in [2.75, 3.05) is 5.32 Å². The molecule has 0 unspecified atom stereocenters. The summed E-state index contributed by atoms with van der Waals surface area (Å²) in [5.41, 5.74) is 5.57. The minimum absolute atomic E-state index is 0.656. The lowest BCUT2D eigenvalue weighted by molar-refractivity contribution is 0.422. The van der Waals surface area contributed by atoms with Crippen molar-refractivity contribution in [2.24, 2.45) is 0 Å². The molecular weight excluding hydrogens is 302 g/mol. The summed E-state index contributed by atoms with van der Waals surface area (Å²) in [5.74, 6) is 0. The standard InChI is InChI=1S/C18H15N5O/c1-2-9-19-17(3-1)18-11-15(21-22-18)12-20-14-6-4-13(5-7-14)16-8-10-24-23-16/h1-11,20H,12H2,(H,21,22). The number of hydrogen-bond acceptors (Lipinski definition) is 5. The van der Waals surface area contributed by atoms with Crippen LogP contribution in [-0.2, 0) is 6.54 Å². The van der Waals surface area contributed by atoms with E-state index in [-0.39, 0.29) is 0 Å². The molecule has 4 aromatic rings. The zero-order valence-electron chi connectivity index (χ0n) is 12.8. The number of rotatable bonds is 5. The summed E-state index contributed by atoms with van der Waals surface area (Å²) >= 11 is 0. The van der Waals surface area contributed by atoms with Crippen LogP contribution in [0.1, 0.15) is 5.69 Å². The molecule has 0 aliphatic rings. The highest BCUT2D eigenvalue weighted by Gasteiger charge is 2.05. The molecule has 6 nitrogen and oxygen atoms in total. The predicted octanol–water partition coefficient (Wildman–Crippen LogP) is 3.74. The SMILES string of the molecule is c1ccc(-c2cc(CNc3ccc(-c4ccon4)cc3)[nH]n2)nc1. The number of nitrogens with one attached hydrogen (secondary N) is 2. The molecule has 118 valence electrons. The number of nitrogens with zero attached hydrogens (tertiary/aromatic N) is 3. The van der Waals surface area contributed by atoms with E-state index in [0.29, 0.717) is 6.54 Å². The molecule has 0 fully saturated rings. The normalized spacial score (nSPS) is 10.7. The van der Waals surface area contributed by atoms with Crippen LogP contribution in [0.3, 0.4) is 0 Å². The Hall–Kier alpha value is -3.41. The Morgan fingerprint density at radius 3 is 2.62 bits per heavy atom. The summed E-state index contributed by atoms with van der Waals surface area (Å²) in [7, 11) is 0. The summed E-state index contributed by atoms with van der Waals surface area (Å²) in [6.45, 7) is 0.656. The highest BCUT2D eigenvalue weighted by molar-refractivity contribution is 5.62. The molecule has 6 heteroatoms. The second-order valence-corrected chi connectivity index (χ2v) is 5.31. The van der Waals surface area contributed by atoms with Crippen LogP contribution in [0.25, 0.3) is 22.6 Å². The van der Waals surface area contributed by atoms with Crippen molar-refractivity contribution in [1.29, 1.82) is 0 Å². The largest absolute Gasteiger partial charge is 0.379 e. The summed E-state index contributed by atoms with van der Waals surface area (Å²) in [4.78, 5) is 4.30. The minimum atomic E-state index is 0.656. The van der Waals surface area contributed by atoms with Gasteiger partial charge in [0.25, 0.3) is 0 Å². The van der Waals surface area contributed by atoms with Crippen LogP contribution < -0.4 is 5.32 Å². The lowest BCUT2D eigenvalue weighted by Crippen LogP contribution is -1.99. The zero-order chi connectivity index (χ0) is 16.2. The highest BCUT2D eigenvalue weighted by atomic mass is 16.5. The summed E-state index contributed by atoms with van der Waals surface area (Å²) < 4.78 is 4.86. The Labute approximate surface area is 138 Å². The van der Waals surface area contributed by atoms with E-state index in [4.69, 9.17) is 4.52 Å². The van der Waals surface area contributed by atoms with Gasteiger partial charge in [-0.3, -0.25) is 10.1 Å². The van der Waals surface area contributed by atoms with Crippen LogP contribution in [0.2, 0.25) is 0 Å². The molecule has 0 atom stereocenters. The van der Waals surface area contributed by atoms with Gasteiger partial charge in [0.05, 0.1) is 17.9 Å². The Balaban J connectivity index is 1.41. The van der Waals surface area contributed by atoms with Crippen molar-refractivity contribution < 1.29 is 4.52 Å². The minimum Gasteiger partial charge on any atom is -0.379 e. The number of benzene rings is 1. The maximum absolute atomic E-state index is 4.86. The summed E-state index contributed by atoms with van der Waals surface area (Å²) in [6, 6.07) is 17.7. The fourth-order valence-electron chi connectivity index (χ4n) is 2.42. The molecule has 3 heterocycles. The van der Waals surface area contributed by atoms with Gasteiger partial charge in [0, 0.05) is 23.5 Å². The van der Waals surface area contributed by atoms with Crippen molar-refractivity contribution >= 4 is 5.69 Å². The maximum Gasteiger partial charge on any atom is 0.124 e. The Morgan fingerprint density at radius 1 is 0.958 bits per heavy atom. The van der Waals surface area contributed by atoms with E-state index >= 15 is 0 Å². The molecule has 1 aromatic carbocycles. The topological polar surface area (TPSA) is 79.6 Å². The second-order valence-electron chi connectivity index (χ2n) is 5.31. The van der Waals surface area contributed by atoms with Gasteiger partial charge in [-0.2, -0.15) is 5.10 Å².